The summed E-state index contributed by atoms with van der Waals surface area (Å²) in [5.41, 5.74) is 5.80. The molecule has 0 spiro atoms. The molecule has 0 saturated carbocycles. The molecule has 8 nitrogen and oxygen atoms in total. The van der Waals surface area contributed by atoms with Crippen LogP contribution < -0.4 is 25.4 Å². The Morgan fingerprint density at radius 2 is 1.61 bits per heavy atom. The number of anilines is 4. The Hall–Kier alpha value is -4.27. The fraction of sp³-hybridized carbons (Fsp3) is 0.194. The van der Waals surface area contributed by atoms with Crippen molar-refractivity contribution in [1.29, 1.82) is 0 Å². The molecule has 3 N–H and O–H groups in total. The van der Waals surface area contributed by atoms with E-state index in [2.05, 4.69) is 33.1 Å². The molecule has 0 bridgehead atoms. The first kappa shape index (κ1) is 28.3. The molecule has 0 saturated heterocycles. The van der Waals surface area contributed by atoms with Crippen LogP contribution in [0.5, 0.6) is 11.5 Å². The summed E-state index contributed by atoms with van der Waals surface area (Å²) in [5.74, 6) is 1.88. The van der Waals surface area contributed by atoms with Gasteiger partial charge in [-0.25, -0.2) is 15.0 Å². The first-order valence-electron chi connectivity index (χ1n) is 13.0. The molecule has 5 aromatic rings. The summed E-state index contributed by atoms with van der Waals surface area (Å²) >= 11 is 13.5. The third-order valence-corrected chi connectivity index (χ3v) is 7.47. The standard InChI is InChI=1S/C31H30Cl2N6O2/c1-18-9-8-12-21(34-2)28(18)38-31-36-17-20-15-22(25-26(32)23(40-3)16-24(41-4)27(25)33)37-30(29(20)39-31)35-14-13-19-10-6-5-7-11-19/h5-12,15-17,34H,13-14H2,1-4H3,(H,35,37)(H,36,38,39). The lowest BCUT2D eigenvalue weighted by molar-refractivity contribution is 0.395. The van der Waals surface area contributed by atoms with Crippen LogP contribution in [0.2, 0.25) is 10.0 Å². The third kappa shape index (κ3) is 5.94. The van der Waals surface area contributed by atoms with Crippen LogP contribution in [0.3, 0.4) is 0 Å². The zero-order valence-corrected chi connectivity index (χ0v) is 24.7. The second-order valence-electron chi connectivity index (χ2n) is 9.31. The highest BCUT2D eigenvalue weighted by Gasteiger charge is 2.22. The number of methoxy groups -OCH3 is 2. The summed E-state index contributed by atoms with van der Waals surface area (Å²) in [4.78, 5) is 14.4. The molecule has 41 heavy (non-hydrogen) atoms. The number of rotatable bonds is 10. The lowest BCUT2D eigenvalue weighted by Crippen LogP contribution is -2.09. The van der Waals surface area contributed by atoms with Crippen molar-refractivity contribution in [2.75, 3.05) is 43.8 Å². The summed E-state index contributed by atoms with van der Waals surface area (Å²) < 4.78 is 11.0. The van der Waals surface area contributed by atoms with Gasteiger partial charge in [0.05, 0.1) is 41.3 Å². The predicted molar refractivity (Wildman–Crippen MR) is 169 cm³/mol. The summed E-state index contributed by atoms with van der Waals surface area (Å²) in [6.07, 6.45) is 2.56. The van der Waals surface area contributed by atoms with Crippen LogP contribution >= 0.6 is 23.2 Å². The third-order valence-electron chi connectivity index (χ3n) is 6.72. The number of hydrogen-bond donors (Lipinski definition) is 3. The van der Waals surface area contributed by atoms with E-state index in [0.717, 1.165) is 28.7 Å². The quantitative estimate of drug-likeness (QED) is 0.152. The molecule has 0 amide bonds. The average molecular weight is 590 g/mol. The lowest BCUT2D eigenvalue weighted by atomic mass is 10.1. The van der Waals surface area contributed by atoms with Gasteiger partial charge >= 0.3 is 0 Å². The van der Waals surface area contributed by atoms with E-state index in [4.69, 9.17) is 42.6 Å². The molecule has 0 atom stereocenters. The average Bonchev–Trinajstić information content (AvgIpc) is 2.99. The smallest absolute Gasteiger partial charge is 0.227 e. The van der Waals surface area contributed by atoms with E-state index in [0.29, 0.717) is 56.6 Å². The van der Waals surface area contributed by atoms with Gasteiger partial charge in [0.25, 0.3) is 0 Å². The molecule has 0 radical (unpaired) electrons. The SMILES string of the molecule is CNc1cccc(C)c1Nc1ncc2cc(-c3c(Cl)c(OC)cc(OC)c3Cl)nc(NCCc3ccccc3)c2n1. The van der Waals surface area contributed by atoms with E-state index in [9.17, 15) is 0 Å². The van der Waals surface area contributed by atoms with Gasteiger partial charge in [0.1, 0.15) is 17.0 Å². The van der Waals surface area contributed by atoms with Gasteiger partial charge in [-0.1, -0.05) is 65.7 Å². The first-order valence-corrected chi connectivity index (χ1v) is 13.8. The van der Waals surface area contributed by atoms with Crippen molar-refractivity contribution < 1.29 is 9.47 Å². The summed E-state index contributed by atoms with van der Waals surface area (Å²) in [7, 11) is 4.96. The maximum Gasteiger partial charge on any atom is 0.227 e. The second kappa shape index (κ2) is 12.5. The van der Waals surface area contributed by atoms with Crippen LogP contribution in [0.4, 0.5) is 23.1 Å². The van der Waals surface area contributed by atoms with Gasteiger partial charge in [0, 0.05) is 36.8 Å². The minimum Gasteiger partial charge on any atom is -0.495 e. The molecule has 10 heteroatoms. The monoisotopic (exact) mass is 588 g/mol. The van der Waals surface area contributed by atoms with Crippen molar-refractivity contribution in [2.24, 2.45) is 0 Å². The highest BCUT2D eigenvalue weighted by atomic mass is 35.5. The van der Waals surface area contributed by atoms with Crippen molar-refractivity contribution in [2.45, 2.75) is 13.3 Å². The zero-order valence-electron chi connectivity index (χ0n) is 23.2. The van der Waals surface area contributed by atoms with E-state index in [1.807, 2.05) is 56.4 Å². The fourth-order valence-corrected chi connectivity index (χ4v) is 5.28. The molecule has 0 fully saturated rings. The van der Waals surface area contributed by atoms with E-state index >= 15 is 0 Å². The number of hydrogen-bond acceptors (Lipinski definition) is 8. The summed E-state index contributed by atoms with van der Waals surface area (Å²) in [6.45, 7) is 2.66. The molecule has 0 aliphatic carbocycles. The van der Waals surface area contributed by atoms with Crippen molar-refractivity contribution in [3.05, 3.63) is 88.0 Å². The fourth-order valence-electron chi connectivity index (χ4n) is 4.59. The van der Waals surface area contributed by atoms with Gasteiger partial charge in [-0.15, -0.1) is 0 Å². The predicted octanol–water partition coefficient (Wildman–Crippen LogP) is 7.76. The minimum atomic E-state index is 0.332. The zero-order chi connectivity index (χ0) is 28.9. The number of nitrogens with one attached hydrogen (secondary N) is 3. The number of fused-ring (bicyclic) bond motifs is 1. The van der Waals surface area contributed by atoms with Gasteiger partial charge in [-0.2, -0.15) is 0 Å². The van der Waals surface area contributed by atoms with Gasteiger partial charge in [-0.05, 0) is 36.6 Å². The highest BCUT2D eigenvalue weighted by molar-refractivity contribution is 6.41. The highest BCUT2D eigenvalue weighted by Crippen LogP contribution is 2.46. The Labute approximate surface area is 249 Å². The van der Waals surface area contributed by atoms with Crippen LogP contribution in [-0.2, 0) is 6.42 Å². The molecule has 2 aromatic heterocycles. The number of halogens is 2. The molecular weight excluding hydrogens is 559 g/mol. The molecule has 5 rings (SSSR count). The van der Waals surface area contributed by atoms with Gasteiger partial charge in [0.2, 0.25) is 5.95 Å². The van der Waals surface area contributed by atoms with Crippen LogP contribution in [0.25, 0.3) is 22.2 Å². The van der Waals surface area contributed by atoms with Crippen LogP contribution in [0.15, 0.2) is 66.9 Å². The van der Waals surface area contributed by atoms with Crippen molar-refractivity contribution in [3.63, 3.8) is 0 Å². The lowest BCUT2D eigenvalue weighted by Gasteiger charge is -2.17. The van der Waals surface area contributed by atoms with Crippen LogP contribution in [0, 0.1) is 6.92 Å². The van der Waals surface area contributed by atoms with Gasteiger partial charge < -0.3 is 25.4 Å². The number of aryl methyl sites for hydroxylation is 1. The molecule has 0 unspecified atom stereocenters. The number of pyridine rings is 1. The molecule has 0 aliphatic rings. The molecule has 3 aromatic carbocycles. The minimum absolute atomic E-state index is 0.332. The van der Waals surface area contributed by atoms with Gasteiger partial charge in [0.15, 0.2) is 5.82 Å². The number of para-hydroxylation sites is 1. The first-order chi connectivity index (χ1) is 19.9. The Kier molecular flexibility index (Phi) is 8.61. The van der Waals surface area contributed by atoms with Crippen LogP contribution in [-0.4, -0.2) is 42.8 Å². The number of ether oxygens (including phenoxy) is 2. The van der Waals surface area contributed by atoms with E-state index in [1.165, 1.54) is 5.56 Å². The molecular formula is C31H30Cl2N6O2. The second-order valence-corrected chi connectivity index (χ2v) is 10.1. The Bertz CT molecular complexity index is 1670. The van der Waals surface area contributed by atoms with Crippen molar-refractivity contribution in [3.8, 4) is 22.8 Å². The van der Waals surface area contributed by atoms with Gasteiger partial charge in [-0.3, -0.25) is 0 Å². The Morgan fingerprint density at radius 3 is 2.29 bits per heavy atom. The number of aromatic nitrogens is 3. The largest absolute Gasteiger partial charge is 0.495 e. The van der Waals surface area contributed by atoms with E-state index in [-0.39, 0.29) is 0 Å². The number of nitrogens with zero attached hydrogens (tertiary/aromatic N) is 3. The van der Waals surface area contributed by atoms with Crippen molar-refractivity contribution >= 4 is 57.2 Å². The molecule has 210 valence electrons. The maximum atomic E-state index is 6.75. The van der Waals surface area contributed by atoms with Crippen molar-refractivity contribution in [1.82, 2.24) is 15.0 Å². The summed E-state index contributed by atoms with van der Waals surface area (Å²) in [6, 6.07) is 19.8. The van der Waals surface area contributed by atoms with E-state index < -0.39 is 0 Å². The maximum absolute atomic E-state index is 6.75. The van der Waals surface area contributed by atoms with E-state index in [1.54, 1.807) is 26.5 Å². The molecule has 2 heterocycles. The molecule has 0 aliphatic heterocycles. The number of benzene rings is 3. The normalized spacial score (nSPS) is 10.9. The van der Waals surface area contributed by atoms with Crippen LogP contribution in [0.1, 0.15) is 11.1 Å². The summed E-state index contributed by atoms with van der Waals surface area (Å²) in [5, 5.41) is 11.5. The Morgan fingerprint density at radius 1 is 0.878 bits per heavy atom. The topological polar surface area (TPSA) is 93.2 Å². The Balaban J connectivity index is 1.61.